The van der Waals surface area contributed by atoms with Gasteiger partial charge in [0.1, 0.15) is 0 Å². The SMILES string of the molecule is CCNCCCn1cc(CC)c(=O)[nH]c1=O. The van der Waals surface area contributed by atoms with Crippen LogP contribution in [0.4, 0.5) is 0 Å². The Kier molecular flexibility index (Phi) is 4.98. The van der Waals surface area contributed by atoms with Crippen molar-refractivity contribution in [2.24, 2.45) is 0 Å². The van der Waals surface area contributed by atoms with Gasteiger partial charge in [0.05, 0.1) is 0 Å². The Morgan fingerprint density at radius 3 is 2.75 bits per heavy atom. The van der Waals surface area contributed by atoms with Crippen LogP contribution < -0.4 is 16.6 Å². The van der Waals surface area contributed by atoms with E-state index in [0.29, 0.717) is 18.5 Å². The molecule has 0 atom stereocenters. The molecule has 1 aromatic rings. The fourth-order valence-electron chi connectivity index (χ4n) is 1.52. The van der Waals surface area contributed by atoms with Crippen molar-refractivity contribution in [1.82, 2.24) is 14.9 Å². The van der Waals surface area contributed by atoms with Crippen molar-refractivity contribution < 1.29 is 0 Å². The van der Waals surface area contributed by atoms with Crippen LogP contribution in [0.3, 0.4) is 0 Å². The lowest BCUT2D eigenvalue weighted by molar-refractivity contribution is 0.566. The number of aromatic nitrogens is 2. The fraction of sp³-hybridized carbons (Fsp3) is 0.636. The quantitative estimate of drug-likeness (QED) is 0.675. The van der Waals surface area contributed by atoms with Crippen molar-refractivity contribution in [2.75, 3.05) is 13.1 Å². The van der Waals surface area contributed by atoms with Gasteiger partial charge >= 0.3 is 5.69 Å². The van der Waals surface area contributed by atoms with Crippen molar-refractivity contribution >= 4 is 0 Å². The molecule has 0 spiro atoms. The first-order valence-electron chi connectivity index (χ1n) is 5.72. The number of nitrogens with one attached hydrogen (secondary N) is 2. The molecule has 1 rings (SSSR count). The molecule has 0 amide bonds. The molecule has 0 aliphatic heterocycles. The van der Waals surface area contributed by atoms with Gasteiger partial charge in [-0.3, -0.25) is 9.78 Å². The van der Waals surface area contributed by atoms with Gasteiger partial charge in [0.2, 0.25) is 0 Å². The highest BCUT2D eigenvalue weighted by atomic mass is 16.2. The molecule has 16 heavy (non-hydrogen) atoms. The molecule has 0 fully saturated rings. The van der Waals surface area contributed by atoms with Gasteiger partial charge in [-0.05, 0) is 25.9 Å². The highest BCUT2D eigenvalue weighted by Gasteiger charge is 2.02. The average Bonchev–Trinajstić information content (AvgIpc) is 2.27. The van der Waals surface area contributed by atoms with Gasteiger partial charge in [0.15, 0.2) is 0 Å². The zero-order valence-electron chi connectivity index (χ0n) is 9.88. The fourth-order valence-corrected chi connectivity index (χ4v) is 1.52. The highest BCUT2D eigenvalue weighted by Crippen LogP contribution is 1.90. The van der Waals surface area contributed by atoms with Crippen LogP contribution in [0.25, 0.3) is 0 Å². The summed E-state index contributed by atoms with van der Waals surface area (Å²) in [5.41, 5.74) is 0.0668. The van der Waals surface area contributed by atoms with E-state index in [4.69, 9.17) is 0 Å². The number of H-pyrrole nitrogens is 1. The maximum atomic E-state index is 11.5. The van der Waals surface area contributed by atoms with Crippen LogP contribution in [0.1, 0.15) is 25.8 Å². The summed E-state index contributed by atoms with van der Waals surface area (Å²) >= 11 is 0. The monoisotopic (exact) mass is 225 g/mol. The molecule has 90 valence electrons. The van der Waals surface area contributed by atoms with Crippen molar-refractivity contribution in [3.05, 3.63) is 32.6 Å². The first-order valence-corrected chi connectivity index (χ1v) is 5.72. The second-order valence-corrected chi connectivity index (χ2v) is 3.67. The zero-order chi connectivity index (χ0) is 12.0. The molecule has 0 saturated carbocycles. The molecular formula is C11H19N3O2. The number of rotatable bonds is 6. The Morgan fingerprint density at radius 2 is 2.12 bits per heavy atom. The van der Waals surface area contributed by atoms with Crippen molar-refractivity contribution in [1.29, 1.82) is 0 Å². The van der Waals surface area contributed by atoms with E-state index in [2.05, 4.69) is 10.3 Å². The highest BCUT2D eigenvalue weighted by molar-refractivity contribution is 5.03. The lowest BCUT2D eigenvalue weighted by Crippen LogP contribution is -2.32. The number of aryl methyl sites for hydroxylation is 2. The molecule has 0 aromatic carbocycles. The molecule has 1 heterocycles. The minimum atomic E-state index is -0.321. The summed E-state index contributed by atoms with van der Waals surface area (Å²) in [6.07, 6.45) is 3.18. The molecule has 2 N–H and O–H groups in total. The third kappa shape index (κ3) is 3.34. The van der Waals surface area contributed by atoms with Crippen LogP contribution >= 0.6 is 0 Å². The van der Waals surface area contributed by atoms with Crippen molar-refractivity contribution in [3.63, 3.8) is 0 Å². The van der Waals surface area contributed by atoms with Crippen LogP contribution in [0.5, 0.6) is 0 Å². The van der Waals surface area contributed by atoms with Gasteiger partial charge in [-0.15, -0.1) is 0 Å². The Bertz CT molecular complexity index is 434. The topological polar surface area (TPSA) is 66.9 Å². The predicted molar refractivity (Wildman–Crippen MR) is 63.9 cm³/mol. The van der Waals surface area contributed by atoms with Crippen molar-refractivity contribution in [2.45, 2.75) is 33.2 Å². The largest absolute Gasteiger partial charge is 0.328 e. The number of hydrogen-bond donors (Lipinski definition) is 2. The normalized spacial score (nSPS) is 10.6. The summed E-state index contributed by atoms with van der Waals surface area (Å²) in [6.45, 7) is 6.39. The standard InChI is InChI=1S/C11H19N3O2/c1-3-9-8-14(7-5-6-12-4-2)11(16)13-10(9)15/h8,12H,3-7H2,1-2H3,(H,13,15,16). The van der Waals surface area contributed by atoms with Crippen LogP contribution in [0.2, 0.25) is 0 Å². The van der Waals surface area contributed by atoms with E-state index in [1.807, 2.05) is 13.8 Å². The van der Waals surface area contributed by atoms with E-state index >= 15 is 0 Å². The molecule has 0 bridgehead atoms. The van der Waals surface area contributed by atoms with Gasteiger partial charge in [-0.25, -0.2) is 4.79 Å². The van der Waals surface area contributed by atoms with E-state index in [1.165, 1.54) is 0 Å². The van der Waals surface area contributed by atoms with E-state index < -0.39 is 0 Å². The lowest BCUT2D eigenvalue weighted by Gasteiger charge is -2.06. The van der Waals surface area contributed by atoms with Gasteiger partial charge < -0.3 is 9.88 Å². The molecule has 0 aliphatic carbocycles. The van der Waals surface area contributed by atoms with Gasteiger partial charge in [0, 0.05) is 18.3 Å². The summed E-state index contributed by atoms with van der Waals surface area (Å²) in [4.78, 5) is 25.1. The van der Waals surface area contributed by atoms with Gasteiger partial charge in [-0.2, -0.15) is 0 Å². The maximum Gasteiger partial charge on any atom is 0.328 e. The molecule has 0 aliphatic rings. The van der Waals surface area contributed by atoms with Gasteiger partial charge in [-0.1, -0.05) is 13.8 Å². The first kappa shape index (κ1) is 12.7. The third-order valence-electron chi connectivity index (χ3n) is 2.47. The van der Waals surface area contributed by atoms with Crippen LogP contribution in [0, 0.1) is 0 Å². The summed E-state index contributed by atoms with van der Waals surface area (Å²) in [5.74, 6) is 0. The van der Waals surface area contributed by atoms with E-state index in [1.54, 1.807) is 10.8 Å². The van der Waals surface area contributed by atoms with E-state index in [9.17, 15) is 9.59 Å². The summed E-state index contributed by atoms with van der Waals surface area (Å²) in [6, 6.07) is 0. The Morgan fingerprint density at radius 1 is 1.38 bits per heavy atom. The van der Waals surface area contributed by atoms with Crippen LogP contribution in [-0.2, 0) is 13.0 Å². The second-order valence-electron chi connectivity index (χ2n) is 3.67. The van der Waals surface area contributed by atoms with E-state index in [0.717, 1.165) is 19.5 Å². The Hall–Kier alpha value is -1.36. The van der Waals surface area contributed by atoms with Crippen molar-refractivity contribution in [3.8, 4) is 0 Å². The summed E-state index contributed by atoms with van der Waals surface area (Å²) in [5, 5.41) is 3.19. The van der Waals surface area contributed by atoms with E-state index in [-0.39, 0.29) is 11.2 Å². The molecule has 0 radical (unpaired) electrons. The zero-order valence-corrected chi connectivity index (χ0v) is 9.88. The second kappa shape index (κ2) is 6.27. The number of hydrogen-bond acceptors (Lipinski definition) is 3. The van der Waals surface area contributed by atoms with Crippen LogP contribution in [-0.4, -0.2) is 22.6 Å². The smallest absolute Gasteiger partial charge is 0.317 e. The molecule has 5 nitrogen and oxygen atoms in total. The molecular weight excluding hydrogens is 206 g/mol. The number of nitrogens with zero attached hydrogens (tertiary/aromatic N) is 1. The Balaban J connectivity index is 2.72. The third-order valence-corrected chi connectivity index (χ3v) is 2.47. The minimum Gasteiger partial charge on any atom is -0.317 e. The molecule has 1 aromatic heterocycles. The first-order chi connectivity index (χ1) is 7.69. The molecule has 5 heteroatoms. The number of aromatic amines is 1. The van der Waals surface area contributed by atoms with Crippen LogP contribution in [0.15, 0.2) is 15.8 Å². The average molecular weight is 225 g/mol. The Labute approximate surface area is 94.5 Å². The maximum absolute atomic E-state index is 11.5. The summed E-state index contributed by atoms with van der Waals surface area (Å²) < 4.78 is 1.57. The minimum absolute atomic E-state index is 0.268. The molecule has 0 saturated heterocycles. The molecule has 0 unspecified atom stereocenters. The summed E-state index contributed by atoms with van der Waals surface area (Å²) in [7, 11) is 0. The lowest BCUT2D eigenvalue weighted by atomic mass is 10.2. The predicted octanol–water partition coefficient (Wildman–Crippen LogP) is 0.0986. The van der Waals surface area contributed by atoms with Gasteiger partial charge in [0.25, 0.3) is 5.56 Å².